The molecule has 116 valence electrons. The molecule has 0 spiro atoms. The molecule has 0 fully saturated rings. The van der Waals surface area contributed by atoms with E-state index in [1.54, 1.807) is 7.11 Å². The predicted molar refractivity (Wildman–Crippen MR) is 78.8 cm³/mol. The SMILES string of the molecule is CCOCCN(CCNC(C)COC)CCOCC. The second-order valence-electron chi connectivity index (χ2n) is 4.55. The zero-order valence-corrected chi connectivity index (χ0v) is 13.1. The van der Waals surface area contributed by atoms with Gasteiger partial charge in [-0.1, -0.05) is 0 Å². The molecule has 0 bridgehead atoms. The number of methoxy groups -OCH3 is 1. The number of hydrogen-bond donors (Lipinski definition) is 1. The number of ether oxygens (including phenoxy) is 3. The molecular formula is C14H32N2O3. The number of rotatable bonds is 14. The Kier molecular flexibility index (Phi) is 14.1. The van der Waals surface area contributed by atoms with E-state index in [1.165, 1.54) is 0 Å². The summed E-state index contributed by atoms with van der Waals surface area (Å²) in [7, 11) is 1.73. The van der Waals surface area contributed by atoms with Crippen molar-refractivity contribution >= 4 is 0 Å². The van der Waals surface area contributed by atoms with Crippen molar-refractivity contribution in [3.05, 3.63) is 0 Å². The van der Waals surface area contributed by atoms with Crippen LogP contribution >= 0.6 is 0 Å². The maximum atomic E-state index is 5.41. The van der Waals surface area contributed by atoms with Crippen LogP contribution in [0.1, 0.15) is 20.8 Å². The maximum Gasteiger partial charge on any atom is 0.0613 e. The van der Waals surface area contributed by atoms with Crippen molar-refractivity contribution in [3.8, 4) is 0 Å². The first-order valence-corrected chi connectivity index (χ1v) is 7.34. The molecule has 0 amide bonds. The van der Waals surface area contributed by atoms with Gasteiger partial charge in [0.15, 0.2) is 0 Å². The lowest BCUT2D eigenvalue weighted by molar-refractivity contribution is 0.0822. The normalized spacial score (nSPS) is 13.1. The summed E-state index contributed by atoms with van der Waals surface area (Å²) in [6, 6.07) is 0.394. The Morgan fingerprint density at radius 3 is 2.05 bits per heavy atom. The van der Waals surface area contributed by atoms with Gasteiger partial charge < -0.3 is 19.5 Å². The number of nitrogens with one attached hydrogen (secondary N) is 1. The molecule has 5 nitrogen and oxygen atoms in total. The molecule has 0 aliphatic heterocycles. The summed E-state index contributed by atoms with van der Waals surface area (Å²) >= 11 is 0. The lowest BCUT2D eigenvalue weighted by Crippen LogP contribution is -2.40. The summed E-state index contributed by atoms with van der Waals surface area (Å²) in [6.07, 6.45) is 0. The van der Waals surface area contributed by atoms with Crippen molar-refractivity contribution in [1.29, 1.82) is 0 Å². The van der Waals surface area contributed by atoms with Crippen molar-refractivity contribution in [2.24, 2.45) is 0 Å². The van der Waals surface area contributed by atoms with Crippen LogP contribution in [0.3, 0.4) is 0 Å². The fourth-order valence-electron chi connectivity index (χ4n) is 1.79. The first kappa shape index (κ1) is 18.8. The van der Waals surface area contributed by atoms with Gasteiger partial charge in [-0.25, -0.2) is 0 Å². The predicted octanol–water partition coefficient (Wildman–Crippen LogP) is 0.986. The van der Waals surface area contributed by atoms with Crippen LogP contribution in [0.4, 0.5) is 0 Å². The summed E-state index contributed by atoms with van der Waals surface area (Å²) in [4.78, 5) is 2.37. The van der Waals surface area contributed by atoms with E-state index >= 15 is 0 Å². The minimum atomic E-state index is 0.394. The third kappa shape index (κ3) is 12.6. The van der Waals surface area contributed by atoms with Gasteiger partial charge in [-0.2, -0.15) is 0 Å². The van der Waals surface area contributed by atoms with Crippen LogP contribution in [0, 0.1) is 0 Å². The topological polar surface area (TPSA) is 43.0 Å². The fraction of sp³-hybridized carbons (Fsp3) is 1.00. The Morgan fingerprint density at radius 2 is 1.58 bits per heavy atom. The van der Waals surface area contributed by atoms with Gasteiger partial charge in [0.25, 0.3) is 0 Å². The van der Waals surface area contributed by atoms with E-state index in [1.807, 2.05) is 13.8 Å². The third-order valence-electron chi connectivity index (χ3n) is 2.85. The molecule has 0 aliphatic rings. The molecule has 5 heteroatoms. The van der Waals surface area contributed by atoms with Crippen molar-refractivity contribution in [2.45, 2.75) is 26.8 Å². The molecule has 1 N–H and O–H groups in total. The van der Waals surface area contributed by atoms with E-state index in [4.69, 9.17) is 14.2 Å². The zero-order valence-electron chi connectivity index (χ0n) is 13.1. The van der Waals surface area contributed by atoms with Crippen molar-refractivity contribution in [3.63, 3.8) is 0 Å². The summed E-state index contributed by atoms with van der Waals surface area (Å²) in [6.45, 7) is 14.0. The highest BCUT2D eigenvalue weighted by Crippen LogP contribution is 1.91. The van der Waals surface area contributed by atoms with Crippen LogP contribution in [0.2, 0.25) is 0 Å². The van der Waals surface area contributed by atoms with Crippen LogP contribution in [0.15, 0.2) is 0 Å². The van der Waals surface area contributed by atoms with Gasteiger partial charge >= 0.3 is 0 Å². The Balaban J connectivity index is 3.75. The van der Waals surface area contributed by atoms with Gasteiger partial charge in [0.1, 0.15) is 0 Å². The van der Waals surface area contributed by atoms with E-state index < -0.39 is 0 Å². The minimum Gasteiger partial charge on any atom is -0.383 e. The Bertz CT molecular complexity index is 172. The lowest BCUT2D eigenvalue weighted by Gasteiger charge is -2.23. The highest BCUT2D eigenvalue weighted by Gasteiger charge is 2.06. The molecule has 1 unspecified atom stereocenters. The smallest absolute Gasteiger partial charge is 0.0613 e. The van der Waals surface area contributed by atoms with Crippen LogP contribution in [-0.2, 0) is 14.2 Å². The van der Waals surface area contributed by atoms with E-state index in [0.29, 0.717) is 6.04 Å². The summed E-state index contributed by atoms with van der Waals surface area (Å²) in [5.74, 6) is 0. The van der Waals surface area contributed by atoms with E-state index in [2.05, 4.69) is 17.1 Å². The molecule has 0 aromatic rings. The second kappa shape index (κ2) is 14.2. The van der Waals surface area contributed by atoms with Crippen LogP contribution < -0.4 is 5.32 Å². The Labute approximate surface area is 118 Å². The highest BCUT2D eigenvalue weighted by molar-refractivity contribution is 4.63. The molecule has 0 saturated carbocycles. The molecule has 0 aliphatic carbocycles. The molecule has 0 aromatic carbocycles. The van der Waals surface area contributed by atoms with Crippen molar-refractivity contribution in [1.82, 2.24) is 10.2 Å². The van der Waals surface area contributed by atoms with Crippen LogP contribution in [-0.4, -0.2) is 77.3 Å². The number of hydrogen-bond acceptors (Lipinski definition) is 5. The van der Waals surface area contributed by atoms with Crippen LogP contribution in [0.25, 0.3) is 0 Å². The monoisotopic (exact) mass is 276 g/mol. The molecule has 0 radical (unpaired) electrons. The van der Waals surface area contributed by atoms with Gasteiger partial charge in [0.05, 0.1) is 19.8 Å². The van der Waals surface area contributed by atoms with Gasteiger partial charge in [-0.15, -0.1) is 0 Å². The lowest BCUT2D eigenvalue weighted by atomic mass is 10.3. The summed E-state index contributed by atoms with van der Waals surface area (Å²) in [5.41, 5.74) is 0. The molecule has 1 atom stereocenters. The average Bonchev–Trinajstić information content (AvgIpc) is 2.39. The van der Waals surface area contributed by atoms with Crippen molar-refractivity contribution < 1.29 is 14.2 Å². The molecular weight excluding hydrogens is 244 g/mol. The maximum absolute atomic E-state index is 5.41. The fourth-order valence-corrected chi connectivity index (χ4v) is 1.79. The van der Waals surface area contributed by atoms with Gasteiger partial charge in [-0.05, 0) is 20.8 Å². The molecule has 19 heavy (non-hydrogen) atoms. The van der Waals surface area contributed by atoms with Crippen molar-refractivity contribution in [2.75, 3.05) is 66.3 Å². The zero-order chi connectivity index (χ0) is 14.3. The summed E-state index contributed by atoms with van der Waals surface area (Å²) < 4.78 is 15.9. The van der Waals surface area contributed by atoms with Gasteiger partial charge in [-0.3, -0.25) is 4.90 Å². The average molecular weight is 276 g/mol. The minimum absolute atomic E-state index is 0.394. The molecule has 0 heterocycles. The third-order valence-corrected chi connectivity index (χ3v) is 2.85. The van der Waals surface area contributed by atoms with Gasteiger partial charge in [0.2, 0.25) is 0 Å². The quantitative estimate of drug-likeness (QED) is 0.479. The first-order chi connectivity index (χ1) is 9.24. The Hall–Kier alpha value is -0.200. The Morgan fingerprint density at radius 1 is 1.00 bits per heavy atom. The first-order valence-electron chi connectivity index (χ1n) is 7.34. The largest absolute Gasteiger partial charge is 0.383 e. The highest BCUT2D eigenvalue weighted by atomic mass is 16.5. The molecule has 0 aromatic heterocycles. The molecule has 0 saturated heterocycles. The second-order valence-corrected chi connectivity index (χ2v) is 4.55. The molecule has 0 rings (SSSR count). The van der Waals surface area contributed by atoms with E-state index in [9.17, 15) is 0 Å². The van der Waals surface area contributed by atoms with Crippen LogP contribution in [0.5, 0.6) is 0 Å². The van der Waals surface area contributed by atoms with E-state index in [-0.39, 0.29) is 0 Å². The standard InChI is InChI=1S/C14H32N2O3/c1-5-18-11-9-16(10-12-19-6-2)8-7-15-14(3)13-17-4/h14-15H,5-13H2,1-4H3. The van der Waals surface area contributed by atoms with Gasteiger partial charge in [0, 0.05) is 52.5 Å². The number of nitrogens with zero attached hydrogens (tertiary/aromatic N) is 1. The summed E-state index contributed by atoms with van der Waals surface area (Å²) in [5, 5.41) is 3.45. The van der Waals surface area contributed by atoms with E-state index in [0.717, 1.165) is 59.2 Å².